The number of aryl methyl sites for hydroxylation is 1. The Morgan fingerprint density at radius 2 is 2.28 bits per heavy atom. The highest BCUT2D eigenvalue weighted by Crippen LogP contribution is 2.28. The summed E-state index contributed by atoms with van der Waals surface area (Å²) in [6.07, 6.45) is 0. The van der Waals surface area contributed by atoms with Gasteiger partial charge in [0.05, 0.1) is 12.8 Å². The second-order valence-corrected chi connectivity index (χ2v) is 4.46. The highest BCUT2D eigenvalue weighted by molar-refractivity contribution is 7.13. The Morgan fingerprint density at radius 3 is 2.89 bits per heavy atom. The lowest BCUT2D eigenvalue weighted by Crippen LogP contribution is -2.13. The summed E-state index contributed by atoms with van der Waals surface area (Å²) in [6.45, 7) is 1.84. The third-order valence-corrected chi connectivity index (χ3v) is 3.17. The first-order valence-corrected chi connectivity index (χ1v) is 6.09. The van der Waals surface area contributed by atoms with Crippen LogP contribution in [0.4, 0.5) is 5.13 Å². The average molecular weight is 264 g/mol. The maximum absolute atomic E-state index is 12.0. The number of carbonyl (C=O) groups is 1. The molecule has 0 unspecified atom stereocenters. The zero-order valence-electron chi connectivity index (χ0n) is 9.93. The van der Waals surface area contributed by atoms with Crippen LogP contribution in [0.5, 0.6) is 11.5 Å². The Hall–Kier alpha value is -2.08. The molecule has 0 spiro atoms. The van der Waals surface area contributed by atoms with Crippen molar-refractivity contribution < 1.29 is 14.6 Å². The van der Waals surface area contributed by atoms with Crippen LogP contribution in [0.2, 0.25) is 0 Å². The molecule has 2 rings (SSSR count). The van der Waals surface area contributed by atoms with Crippen LogP contribution >= 0.6 is 11.3 Å². The third-order valence-electron chi connectivity index (χ3n) is 2.29. The zero-order valence-corrected chi connectivity index (χ0v) is 10.7. The number of carbonyl (C=O) groups excluding carboxylic acids is 1. The molecule has 5 nitrogen and oxygen atoms in total. The summed E-state index contributed by atoms with van der Waals surface area (Å²) in [4.78, 5) is 16.2. The molecule has 1 heterocycles. The first kappa shape index (κ1) is 12.4. The van der Waals surface area contributed by atoms with Crippen molar-refractivity contribution in [3.8, 4) is 11.5 Å². The van der Waals surface area contributed by atoms with Gasteiger partial charge in [0.1, 0.15) is 17.1 Å². The van der Waals surface area contributed by atoms with Crippen molar-refractivity contribution >= 4 is 22.4 Å². The Bertz CT molecular complexity index is 580. The van der Waals surface area contributed by atoms with Gasteiger partial charge in [-0.05, 0) is 19.1 Å². The third kappa shape index (κ3) is 2.43. The monoisotopic (exact) mass is 264 g/mol. The zero-order chi connectivity index (χ0) is 13.1. The lowest BCUT2D eigenvalue weighted by molar-refractivity contribution is 0.102. The van der Waals surface area contributed by atoms with E-state index in [9.17, 15) is 9.90 Å². The van der Waals surface area contributed by atoms with Crippen LogP contribution in [0.1, 0.15) is 16.1 Å². The fourth-order valence-corrected chi connectivity index (χ4v) is 2.17. The van der Waals surface area contributed by atoms with Gasteiger partial charge in [0, 0.05) is 5.38 Å². The van der Waals surface area contributed by atoms with Gasteiger partial charge in [-0.3, -0.25) is 10.1 Å². The van der Waals surface area contributed by atoms with E-state index in [2.05, 4.69) is 10.3 Å². The lowest BCUT2D eigenvalue weighted by atomic mass is 10.1. The lowest BCUT2D eigenvalue weighted by Gasteiger charge is -2.09. The predicted octanol–water partition coefficient (Wildman–Crippen LogP) is 2.42. The molecule has 0 saturated carbocycles. The van der Waals surface area contributed by atoms with Crippen molar-refractivity contribution in [3.05, 3.63) is 34.8 Å². The SMILES string of the molecule is COc1cccc(O)c1C(=O)Nc1nc(C)cs1. The van der Waals surface area contributed by atoms with E-state index in [-0.39, 0.29) is 11.3 Å². The van der Waals surface area contributed by atoms with Gasteiger partial charge in [0.25, 0.3) is 5.91 Å². The van der Waals surface area contributed by atoms with E-state index in [1.807, 2.05) is 12.3 Å². The molecule has 0 aliphatic carbocycles. The number of phenolic OH excluding ortho intramolecular Hbond substituents is 1. The predicted molar refractivity (Wildman–Crippen MR) is 69.5 cm³/mol. The highest BCUT2D eigenvalue weighted by atomic mass is 32.1. The second kappa shape index (κ2) is 5.05. The summed E-state index contributed by atoms with van der Waals surface area (Å²) < 4.78 is 5.05. The Labute approximate surface area is 108 Å². The maximum Gasteiger partial charge on any atom is 0.265 e. The molecule has 18 heavy (non-hydrogen) atoms. The van der Waals surface area contributed by atoms with E-state index in [1.54, 1.807) is 12.1 Å². The van der Waals surface area contributed by atoms with Gasteiger partial charge in [-0.1, -0.05) is 6.07 Å². The molecule has 1 aromatic carbocycles. The molecule has 1 amide bonds. The largest absolute Gasteiger partial charge is 0.507 e. The van der Waals surface area contributed by atoms with E-state index < -0.39 is 5.91 Å². The van der Waals surface area contributed by atoms with Crippen LogP contribution < -0.4 is 10.1 Å². The summed E-state index contributed by atoms with van der Waals surface area (Å²) in [5, 5.41) is 14.7. The maximum atomic E-state index is 12.0. The number of phenols is 1. The van der Waals surface area contributed by atoms with E-state index in [4.69, 9.17) is 4.74 Å². The summed E-state index contributed by atoms with van der Waals surface area (Å²) in [5.74, 6) is -0.250. The molecule has 0 saturated heterocycles. The fourth-order valence-electron chi connectivity index (χ4n) is 1.49. The molecule has 94 valence electrons. The number of amides is 1. The van der Waals surface area contributed by atoms with Gasteiger partial charge in [0.2, 0.25) is 0 Å². The van der Waals surface area contributed by atoms with Crippen LogP contribution in [0.15, 0.2) is 23.6 Å². The number of thiazole rings is 1. The normalized spacial score (nSPS) is 10.1. The summed E-state index contributed by atoms with van der Waals surface area (Å²) in [7, 11) is 1.44. The molecule has 0 fully saturated rings. The van der Waals surface area contributed by atoms with E-state index >= 15 is 0 Å². The highest BCUT2D eigenvalue weighted by Gasteiger charge is 2.17. The number of nitrogens with zero attached hydrogens (tertiary/aromatic N) is 1. The number of aromatic nitrogens is 1. The number of rotatable bonds is 3. The van der Waals surface area contributed by atoms with Gasteiger partial charge >= 0.3 is 0 Å². The van der Waals surface area contributed by atoms with E-state index in [1.165, 1.54) is 24.5 Å². The van der Waals surface area contributed by atoms with Crippen molar-refractivity contribution in [1.82, 2.24) is 4.98 Å². The summed E-state index contributed by atoms with van der Waals surface area (Å²) in [5.41, 5.74) is 0.937. The van der Waals surface area contributed by atoms with Crippen molar-refractivity contribution in [2.45, 2.75) is 6.92 Å². The number of aromatic hydroxyl groups is 1. The molecule has 6 heteroatoms. The molecule has 0 aliphatic rings. The summed E-state index contributed by atoms with van der Waals surface area (Å²) >= 11 is 1.33. The molecule has 0 aliphatic heterocycles. The van der Waals surface area contributed by atoms with Gasteiger partial charge in [0.15, 0.2) is 5.13 Å². The molecule has 1 aromatic heterocycles. The standard InChI is InChI=1S/C12H12N2O3S/c1-7-6-18-12(13-7)14-11(16)10-8(15)4-3-5-9(10)17-2/h3-6,15H,1-2H3,(H,13,14,16). The van der Waals surface area contributed by atoms with Gasteiger partial charge in [-0.2, -0.15) is 0 Å². The average Bonchev–Trinajstić information content (AvgIpc) is 2.74. The molecular weight excluding hydrogens is 252 g/mol. The number of hydrogen-bond acceptors (Lipinski definition) is 5. The molecule has 0 radical (unpaired) electrons. The van der Waals surface area contributed by atoms with E-state index in [0.29, 0.717) is 10.9 Å². The van der Waals surface area contributed by atoms with Crippen LogP contribution in [0, 0.1) is 6.92 Å². The quantitative estimate of drug-likeness (QED) is 0.893. The van der Waals surface area contributed by atoms with Crippen LogP contribution in [0.3, 0.4) is 0 Å². The van der Waals surface area contributed by atoms with Crippen molar-refractivity contribution in [2.75, 3.05) is 12.4 Å². The molecule has 0 bridgehead atoms. The number of nitrogens with one attached hydrogen (secondary N) is 1. The van der Waals surface area contributed by atoms with Crippen molar-refractivity contribution in [1.29, 1.82) is 0 Å². The first-order valence-electron chi connectivity index (χ1n) is 5.21. The van der Waals surface area contributed by atoms with Crippen LogP contribution in [-0.2, 0) is 0 Å². The molecule has 2 N–H and O–H groups in total. The topological polar surface area (TPSA) is 71.5 Å². The Balaban J connectivity index is 2.28. The minimum absolute atomic E-state index is 0.104. The number of benzene rings is 1. The first-order chi connectivity index (χ1) is 8.61. The number of anilines is 1. The second-order valence-electron chi connectivity index (χ2n) is 3.60. The number of ether oxygens (including phenoxy) is 1. The minimum Gasteiger partial charge on any atom is -0.507 e. The minimum atomic E-state index is -0.445. The van der Waals surface area contributed by atoms with Crippen LogP contribution in [0.25, 0.3) is 0 Å². The van der Waals surface area contributed by atoms with Crippen molar-refractivity contribution in [3.63, 3.8) is 0 Å². The van der Waals surface area contributed by atoms with Gasteiger partial charge in [-0.25, -0.2) is 4.98 Å². The summed E-state index contributed by atoms with van der Waals surface area (Å²) in [6, 6.07) is 4.66. The van der Waals surface area contributed by atoms with Gasteiger partial charge < -0.3 is 9.84 Å². The Kier molecular flexibility index (Phi) is 3.47. The van der Waals surface area contributed by atoms with Crippen LogP contribution in [-0.4, -0.2) is 23.1 Å². The van der Waals surface area contributed by atoms with E-state index in [0.717, 1.165) is 5.69 Å². The number of hydrogen-bond donors (Lipinski definition) is 2. The number of methoxy groups -OCH3 is 1. The van der Waals surface area contributed by atoms with Crippen molar-refractivity contribution in [2.24, 2.45) is 0 Å². The Morgan fingerprint density at radius 1 is 1.50 bits per heavy atom. The molecule has 2 aromatic rings. The smallest absolute Gasteiger partial charge is 0.265 e. The van der Waals surface area contributed by atoms with Gasteiger partial charge in [-0.15, -0.1) is 11.3 Å². The molecular formula is C12H12N2O3S. The molecule has 0 atom stereocenters. The fraction of sp³-hybridized carbons (Fsp3) is 0.167.